The number of benzene rings is 1. The van der Waals surface area contributed by atoms with Crippen LogP contribution in [0.4, 0.5) is 0 Å². The fourth-order valence-electron chi connectivity index (χ4n) is 2.60. The predicted octanol–water partition coefficient (Wildman–Crippen LogP) is 3.75. The quantitative estimate of drug-likeness (QED) is 0.810. The number of hydrogen-bond acceptors (Lipinski definition) is 1. The summed E-state index contributed by atoms with van der Waals surface area (Å²) in [5.41, 5.74) is 4.29. The van der Waals surface area contributed by atoms with E-state index in [1.165, 1.54) is 42.4 Å². The third-order valence-corrected chi connectivity index (χ3v) is 3.95. The molecule has 0 bridgehead atoms. The Morgan fingerprint density at radius 1 is 1.31 bits per heavy atom. The molecule has 0 spiro atoms. The number of rotatable bonds is 4. The first-order valence-electron chi connectivity index (χ1n) is 6.45. The van der Waals surface area contributed by atoms with E-state index < -0.39 is 0 Å². The minimum Gasteiger partial charge on any atom is -0.313 e. The van der Waals surface area contributed by atoms with E-state index in [2.05, 4.69) is 44.4 Å². The summed E-state index contributed by atoms with van der Waals surface area (Å²) < 4.78 is 0. The lowest BCUT2D eigenvalue weighted by atomic mass is 9.79. The van der Waals surface area contributed by atoms with Crippen LogP contribution in [0, 0.1) is 19.8 Å². The molecular formula is C15H23N. The van der Waals surface area contributed by atoms with Gasteiger partial charge in [-0.25, -0.2) is 0 Å². The summed E-state index contributed by atoms with van der Waals surface area (Å²) in [7, 11) is 2.09. The highest BCUT2D eigenvalue weighted by Gasteiger charge is 2.22. The zero-order valence-corrected chi connectivity index (χ0v) is 10.7. The number of hydrogen-bond donors (Lipinski definition) is 1. The largest absolute Gasteiger partial charge is 0.313 e. The fraction of sp³-hybridized carbons (Fsp3) is 0.600. The molecule has 0 saturated heterocycles. The van der Waals surface area contributed by atoms with Gasteiger partial charge in [-0.15, -0.1) is 0 Å². The third-order valence-electron chi connectivity index (χ3n) is 3.95. The molecule has 1 aliphatic rings. The van der Waals surface area contributed by atoms with Crippen molar-refractivity contribution in [2.75, 3.05) is 7.05 Å². The van der Waals surface area contributed by atoms with Crippen molar-refractivity contribution in [3.63, 3.8) is 0 Å². The molecule has 1 aromatic rings. The molecule has 1 N–H and O–H groups in total. The Kier molecular flexibility index (Phi) is 3.65. The Labute approximate surface area is 99.3 Å². The van der Waals surface area contributed by atoms with Crippen LogP contribution in [0.15, 0.2) is 18.2 Å². The monoisotopic (exact) mass is 217 g/mol. The maximum atomic E-state index is 3.49. The Morgan fingerprint density at radius 3 is 2.62 bits per heavy atom. The van der Waals surface area contributed by atoms with Crippen LogP contribution in [0.5, 0.6) is 0 Å². The molecule has 16 heavy (non-hydrogen) atoms. The first-order valence-corrected chi connectivity index (χ1v) is 6.45. The molecule has 1 aliphatic carbocycles. The molecule has 0 heterocycles. The van der Waals surface area contributed by atoms with Gasteiger partial charge in [0.05, 0.1) is 0 Å². The molecule has 1 unspecified atom stereocenters. The van der Waals surface area contributed by atoms with E-state index in [0.717, 1.165) is 5.92 Å². The van der Waals surface area contributed by atoms with Gasteiger partial charge in [0.1, 0.15) is 0 Å². The van der Waals surface area contributed by atoms with Gasteiger partial charge in [0.2, 0.25) is 0 Å². The van der Waals surface area contributed by atoms with Gasteiger partial charge in [0.15, 0.2) is 0 Å². The summed E-state index contributed by atoms with van der Waals surface area (Å²) in [5, 5.41) is 3.49. The molecule has 1 atom stereocenters. The Hall–Kier alpha value is -0.820. The van der Waals surface area contributed by atoms with Crippen molar-refractivity contribution in [1.29, 1.82) is 0 Å². The van der Waals surface area contributed by atoms with Crippen LogP contribution >= 0.6 is 0 Å². The molecule has 0 amide bonds. The maximum Gasteiger partial charge on any atom is 0.0322 e. The van der Waals surface area contributed by atoms with Gasteiger partial charge in [-0.1, -0.05) is 43.0 Å². The second kappa shape index (κ2) is 5.01. The van der Waals surface area contributed by atoms with Crippen LogP contribution in [0.25, 0.3) is 0 Å². The lowest BCUT2D eigenvalue weighted by Gasteiger charge is -2.30. The number of aryl methyl sites for hydroxylation is 2. The van der Waals surface area contributed by atoms with E-state index in [0.29, 0.717) is 6.04 Å². The Morgan fingerprint density at radius 2 is 2.06 bits per heavy atom. The van der Waals surface area contributed by atoms with Crippen LogP contribution in [0.3, 0.4) is 0 Å². The molecule has 1 fully saturated rings. The first-order chi connectivity index (χ1) is 7.70. The molecule has 88 valence electrons. The van der Waals surface area contributed by atoms with E-state index in [-0.39, 0.29) is 0 Å². The SMILES string of the molecule is CNC(CC1CCC1)c1cc(C)ccc1C. The molecule has 1 aromatic carbocycles. The fourth-order valence-corrected chi connectivity index (χ4v) is 2.60. The molecule has 0 radical (unpaired) electrons. The highest BCUT2D eigenvalue weighted by atomic mass is 14.9. The minimum absolute atomic E-state index is 0.546. The zero-order chi connectivity index (χ0) is 11.5. The summed E-state index contributed by atoms with van der Waals surface area (Å²) in [6.07, 6.45) is 5.61. The summed E-state index contributed by atoms with van der Waals surface area (Å²) in [6.45, 7) is 4.40. The van der Waals surface area contributed by atoms with Crippen LogP contribution in [-0.4, -0.2) is 7.05 Å². The van der Waals surface area contributed by atoms with E-state index in [1.807, 2.05) is 0 Å². The van der Waals surface area contributed by atoms with Gasteiger partial charge in [-0.3, -0.25) is 0 Å². The average Bonchev–Trinajstić information content (AvgIpc) is 2.21. The Balaban J connectivity index is 2.14. The molecule has 0 aromatic heterocycles. The van der Waals surface area contributed by atoms with E-state index >= 15 is 0 Å². The van der Waals surface area contributed by atoms with Gasteiger partial charge >= 0.3 is 0 Å². The summed E-state index contributed by atoms with van der Waals surface area (Å²) in [4.78, 5) is 0. The summed E-state index contributed by atoms with van der Waals surface area (Å²) >= 11 is 0. The van der Waals surface area contributed by atoms with Gasteiger partial charge in [-0.2, -0.15) is 0 Å². The van der Waals surface area contributed by atoms with Crippen molar-refractivity contribution in [2.24, 2.45) is 5.92 Å². The lowest BCUT2D eigenvalue weighted by Crippen LogP contribution is -2.23. The van der Waals surface area contributed by atoms with Gasteiger partial charge in [0.25, 0.3) is 0 Å². The van der Waals surface area contributed by atoms with Crippen molar-refractivity contribution in [3.8, 4) is 0 Å². The first kappa shape index (κ1) is 11.7. The second-order valence-corrected chi connectivity index (χ2v) is 5.23. The van der Waals surface area contributed by atoms with Crippen molar-refractivity contribution in [1.82, 2.24) is 5.32 Å². The molecule has 2 rings (SSSR count). The Bertz CT molecular complexity index is 352. The van der Waals surface area contributed by atoms with Gasteiger partial charge in [-0.05, 0) is 44.4 Å². The lowest BCUT2D eigenvalue weighted by molar-refractivity contribution is 0.265. The van der Waals surface area contributed by atoms with E-state index in [1.54, 1.807) is 0 Å². The topological polar surface area (TPSA) is 12.0 Å². The standard InChI is InChI=1S/C15H23N/c1-11-7-8-12(2)14(9-11)15(16-3)10-13-5-4-6-13/h7-9,13,15-16H,4-6,10H2,1-3H3. The van der Waals surface area contributed by atoms with Gasteiger partial charge < -0.3 is 5.32 Å². The minimum atomic E-state index is 0.546. The van der Waals surface area contributed by atoms with Crippen LogP contribution < -0.4 is 5.32 Å². The van der Waals surface area contributed by atoms with Crippen molar-refractivity contribution >= 4 is 0 Å². The second-order valence-electron chi connectivity index (χ2n) is 5.23. The zero-order valence-electron chi connectivity index (χ0n) is 10.7. The van der Waals surface area contributed by atoms with Crippen LogP contribution in [-0.2, 0) is 0 Å². The van der Waals surface area contributed by atoms with E-state index in [4.69, 9.17) is 0 Å². The molecule has 0 aliphatic heterocycles. The van der Waals surface area contributed by atoms with E-state index in [9.17, 15) is 0 Å². The molecular weight excluding hydrogens is 194 g/mol. The molecule has 1 heteroatoms. The number of nitrogens with one attached hydrogen (secondary N) is 1. The summed E-state index contributed by atoms with van der Waals surface area (Å²) in [5.74, 6) is 0.956. The average molecular weight is 217 g/mol. The highest BCUT2D eigenvalue weighted by molar-refractivity contribution is 5.33. The smallest absolute Gasteiger partial charge is 0.0322 e. The molecule has 1 nitrogen and oxygen atoms in total. The van der Waals surface area contributed by atoms with Crippen LogP contribution in [0.1, 0.15) is 48.4 Å². The van der Waals surface area contributed by atoms with Gasteiger partial charge in [0, 0.05) is 6.04 Å². The summed E-state index contributed by atoms with van der Waals surface area (Å²) in [6, 6.07) is 7.34. The van der Waals surface area contributed by atoms with Crippen molar-refractivity contribution in [3.05, 3.63) is 34.9 Å². The molecule has 1 saturated carbocycles. The normalized spacial score (nSPS) is 18.2. The highest BCUT2D eigenvalue weighted by Crippen LogP contribution is 2.35. The van der Waals surface area contributed by atoms with Crippen molar-refractivity contribution in [2.45, 2.75) is 45.6 Å². The van der Waals surface area contributed by atoms with Crippen LogP contribution in [0.2, 0.25) is 0 Å². The third kappa shape index (κ3) is 2.46. The predicted molar refractivity (Wildman–Crippen MR) is 69.7 cm³/mol. The van der Waals surface area contributed by atoms with Crippen molar-refractivity contribution < 1.29 is 0 Å². The maximum absolute atomic E-state index is 3.49.